The average Bonchev–Trinajstić information content (AvgIpc) is 3.68. The number of aliphatic hydroxyl groups is 1. The zero-order chi connectivity index (χ0) is 31.6. The number of hydrogen-bond donors (Lipinski definition) is 1. The summed E-state index contributed by atoms with van der Waals surface area (Å²) in [5, 5.41) is 11.2. The maximum absolute atomic E-state index is 14.8. The highest BCUT2D eigenvalue weighted by Crippen LogP contribution is 2.59. The SMILES string of the molecule is C=CCN(Cc1ccccc1)C(=O)[C@@H]1[C@H]2C(=O)N([C@@H](CO)[C@@H](C)CC)C(C(=O)N(CC=C)c3ccc(Cl)cc3)C23CC[C@H]1O3. The van der Waals surface area contributed by atoms with E-state index in [1.54, 1.807) is 51.1 Å². The number of carbonyl (C=O) groups excluding carboxylic acids is 3. The highest BCUT2D eigenvalue weighted by Gasteiger charge is 2.75. The number of likely N-dealkylation sites (tertiary alicyclic amines) is 1. The standard InChI is InChI=1S/C35H42ClN3O5/c1-5-19-37(21-24-11-9-8-10-12-24)32(41)29-28-17-18-35(44-28)30(29)33(42)39(27(22-40)23(4)7-3)31(35)34(43)38(20-6-2)26-15-13-25(36)14-16-26/h5-6,8-16,23,27-31,40H,1-2,7,17-22H2,3-4H3/t23-,27-,28+,29-,30-,31?,35?/m0/s1. The van der Waals surface area contributed by atoms with Gasteiger partial charge in [0.05, 0.1) is 30.6 Å². The van der Waals surface area contributed by atoms with Gasteiger partial charge in [0.15, 0.2) is 0 Å². The maximum Gasteiger partial charge on any atom is 0.253 e. The fourth-order valence-electron chi connectivity index (χ4n) is 7.45. The lowest BCUT2D eigenvalue weighted by Crippen LogP contribution is -2.60. The molecule has 3 aliphatic rings. The third-order valence-electron chi connectivity index (χ3n) is 9.70. The van der Waals surface area contributed by atoms with Gasteiger partial charge in [-0.1, -0.05) is 74.4 Å². The van der Waals surface area contributed by atoms with Crippen LogP contribution in [0.15, 0.2) is 79.9 Å². The highest BCUT2D eigenvalue weighted by atomic mass is 35.5. The van der Waals surface area contributed by atoms with Crippen LogP contribution < -0.4 is 4.90 Å². The molecule has 3 amide bonds. The molecule has 5 rings (SSSR count). The molecule has 1 spiro atoms. The molecule has 8 nitrogen and oxygen atoms in total. The number of ether oxygens (including phenoxy) is 1. The molecule has 2 unspecified atom stereocenters. The maximum atomic E-state index is 14.8. The first kappa shape index (κ1) is 31.9. The van der Waals surface area contributed by atoms with Gasteiger partial charge < -0.3 is 24.5 Å². The topological polar surface area (TPSA) is 90.4 Å². The highest BCUT2D eigenvalue weighted by molar-refractivity contribution is 6.30. The summed E-state index contributed by atoms with van der Waals surface area (Å²) in [4.78, 5) is 48.7. The molecule has 3 aliphatic heterocycles. The van der Waals surface area contributed by atoms with Crippen molar-refractivity contribution < 1.29 is 24.2 Å². The molecule has 2 bridgehead atoms. The molecule has 0 aliphatic carbocycles. The second kappa shape index (κ2) is 13.3. The van der Waals surface area contributed by atoms with E-state index in [9.17, 15) is 19.5 Å². The number of aliphatic hydroxyl groups excluding tert-OH is 1. The summed E-state index contributed by atoms with van der Waals surface area (Å²) >= 11 is 6.15. The van der Waals surface area contributed by atoms with Crippen molar-refractivity contribution in [2.75, 3.05) is 24.6 Å². The van der Waals surface area contributed by atoms with Gasteiger partial charge in [-0.15, -0.1) is 13.2 Å². The lowest BCUT2D eigenvalue weighted by molar-refractivity contribution is -0.148. The third-order valence-corrected chi connectivity index (χ3v) is 9.95. The van der Waals surface area contributed by atoms with Crippen LogP contribution >= 0.6 is 11.6 Å². The number of anilines is 1. The summed E-state index contributed by atoms with van der Waals surface area (Å²) < 4.78 is 6.71. The van der Waals surface area contributed by atoms with Crippen molar-refractivity contribution in [3.8, 4) is 0 Å². The summed E-state index contributed by atoms with van der Waals surface area (Å²) in [7, 11) is 0. The van der Waals surface area contributed by atoms with Crippen LogP contribution in [0.4, 0.5) is 5.69 Å². The van der Waals surface area contributed by atoms with Crippen molar-refractivity contribution in [3.05, 3.63) is 90.5 Å². The van der Waals surface area contributed by atoms with Crippen molar-refractivity contribution in [2.45, 2.75) is 63.4 Å². The van der Waals surface area contributed by atoms with Crippen molar-refractivity contribution in [1.29, 1.82) is 0 Å². The van der Waals surface area contributed by atoms with Crippen LogP contribution in [-0.4, -0.2) is 76.1 Å². The average molecular weight is 620 g/mol. The molecule has 3 fully saturated rings. The van der Waals surface area contributed by atoms with Crippen molar-refractivity contribution in [3.63, 3.8) is 0 Å². The lowest BCUT2D eigenvalue weighted by Gasteiger charge is -2.40. The van der Waals surface area contributed by atoms with E-state index in [0.717, 1.165) is 5.56 Å². The Hall–Kier alpha value is -3.46. The molecule has 3 heterocycles. The zero-order valence-corrected chi connectivity index (χ0v) is 26.2. The second-order valence-corrected chi connectivity index (χ2v) is 12.6. The number of amides is 3. The molecular weight excluding hydrogens is 578 g/mol. The number of hydrogen-bond acceptors (Lipinski definition) is 5. The lowest BCUT2D eigenvalue weighted by atomic mass is 9.70. The molecule has 7 atom stereocenters. The monoisotopic (exact) mass is 619 g/mol. The van der Waals surface area contributed by atoms with Crippen LogP contribution in [-0.2, 0) is 25.7 Å². The Kier molecular flexibility index (Phi) is 9.63. The Labute approximate surface area is 264 Å². The van der Waals surface area contributed by atoms with Crippen LogP contribution in [0.5, 0.6) is 0 Å². The minimum absolute atomic E-state index is 0.0976. The molecular formula is C35H42ClN3O5. The van der Waals surface area contributed by atoms with Gasteiger partial charge in [0.1, 0.15) is 11.6 Å². The van der Waals surface area contributed by atoms with Gasteiger partial charge in [0.25, 0.3) is 5.91 Å². The number of carbonyl (C=O) groups is 3. The van der Waals surface area contributed by atoms with Crippen LogP contribution in [0.1, 0.15) is 38.7 Å². The smallest absolute Gasteiger partial charge is 0.253 e. The first-order valence-electron chi connectivity index (χ1n) is 15.4. The van der Waals surface area contributed by atoms with Gasteiger partial charge >= 0.3 is 0 Å². The van der Waals surface area contributed by atoms with E-state index >= 15 is 0 Å². The molecule has 0 radical (unpaired) electrons. The van der Waals surface area contributed by atoms with Crippen molar-refractivity contribution in [1.82, 2.24) is 9.80 Å². The first-order chi connectivity index (χ1) is 21.2. The number of benzene rings is 2. The van der Waals surface area contributed by atoms with E-state index in [1.807, 2.05) is 44.2 Å². The fraction of sp³-hybridized carbons (Fsp3) is 0.457. The van der Waals surface area contributed by atoms with Crippen LogP contribution in [0.3, 0.4) is 0 Å². The van der Waals surface area contributed by atoms with Gasteiger partial charge in [-0.25, -0.2) is 0 Å². The number of halogens is 1. The predicted octanol–water partition coefficient (Wildman–Crippen LogP) is 4.86. The number of nitrogens with zero attached hydrogens (tertiary/aromatic N) is 3. The van der Waals surface area contributed by atoms with Crippen LogP contribution in [0.2, 0.25) is 5.02 Å². The Morgan fingerprint density at radius 1 is 1.11 bits per heavy atom. The fourth-order valence-corrected chi connectivity index (χ4v) is 7.57. The summed E-state index contributed by atoms with van der Waals surface area (Å²) in [6, 6.07) is 15.0. The molecule has 234 valence electrons. The summed E-state index contributed by atoms with van der Waals surface area (Å²) in [6.07, 6.45) is 4.54. The molecule has 0 saturated carbocycles. The molecule has 3 saturated heterocycles. The molecule has 9 heteroatoms. The number of rotatable bonds is 13. The Balaban J connectivity index is 1.58. The van der Waals surface area contributed by atoms with E-state index < -0.39 is 35.6 Å². The van der Waals surface area contributed by atoms with Crippen molar-refractivity contribution in [2.24, 2.45) is 17.8 Å². The van der Waals surface area contributed by atoms with E-state index in [0.29, 0.717) is 43.1 Å². The van der Waals surface area contributed by atoms with E-state index in [1.165, 1.54) is 0 Å². The Morgan fingerprint density at radius 2 is 1.80 bits per heavy atom. The minimum atomic E-state index is -1.20. The van der Waals surface area contributed by atoms with Crippen LogP contribution in [0, 0.1) is 17.8 Å². The van der Waals surface area contributed by atoms with Crippen molar-refractivity contribution >= 4 is 35.0 Å². The second-order valence-electron chi connectivity index (χ2n) is 12.1. The zero-order valence-electron chi connectivity index (χ0n) is 25.5. The minimum Gasteiger partial charge on any atom is -0.394 e. The Morgan fingerprint density at radius 3 is 2.41 bits per heavy atom. The summed E-state index contributed by atoms with van der Waals surface area (Å²) in [5.41, 5.74) is 0.378. The molecule has 44 heavy (non-hydrogen) atoms. The van der Waals surface area contributed by atoms with E-state index in [2.05, 4.69) is 13.2 Å². The number of fused-ring (bicyclic) bond motifs is 1. The molecule has 0 aromatic heterocycles. The summed E-state index contributed by atoms with van der Waals surface area (Å²) in [6.45, 7) is 12.3. The van der Waals surface area contributed by atoms with E-state index in [-0.39, 0.29) is 36.8 Å². The van der Waals surface area contributed by atoms with Gasteiger partial charge in [0, 0.05) is 30.3 Å². The van der Waals surface area contributed by atoms with Gasteiger partial charge in [-0.3, -0.25) is 14.4 Å². The largest absolute Gasteiger partial charge is 0.394 e. The van der Waals surface area contributed by atoms with Gasteiger partial charge in [-0.05, 0) is 48.6 Å². The normalized spacial score (nSPS) is 26.6. The first-order valence-corrected chi connectivity index (χ1v) is 15.8. The molecule has 2 aromatic rings. The summed E-state index contributed by atoms with van der Waals surface area (Å²) in [5.74, 6) is -2.52. The van der Waals surface area contributed by atoms with E-state index in [4.69, 9.17) is 16.3 Å². The van der Waals surface area contributed by atoms with Crippen LogP contribution in [0.25, 0.3) is 0 Å². The Bertz CT molecular complexity index is 1380. The third kappa shape index (κ3) is 5.48. The predicted molar refractivity (Wildman–Crippen MR) is 171 cm³/mol. The van der Waals surface area contributed by atoms with Gasteiger partial charge in [-0.2, -0.15) is 0 Å². The molecule has 1 N–H and O–H groups in total. The van der Waals surface area contributed by atoms with Gasteiger partial charge in [0.2, 0.25) is 11.8 Å². The molecule has 2 aromatic carbocycles. The quantitative estimate of drug-likeness (QED) is 0.324.